The number of benzene rings is 1. The second-order valence-corrected chi connectivity index (χ2v) is 7.41. The van der Waals surface area contributed by atoms with E-state index in [1.807, 2.05) is 24.3 Å². The third-order valence-corrected chi connectivity index (χ3v) is 5.38. The van der Waals surface area contributed by atoms with Crippen molar-refractivity contribution in [3.8, 4) is 0 Å². The molecule has 2 saturated heterocycles. The summed E-state index contributed by atoms with van der Waals surface area (Å²) in [6.07, 6.45) is 3.50. The second-order valence-electron chi connectivity index (χ2n) is 7.41. The molecule has 3 rings (SSSR count). The van der Waals surface area contributed by atoms with Crippen LogP contribution in [0.3, 0.4) is 0 Å². The molecule has 0 bridgehead atoms. The summed E-state index contributed by atoms with van der Waals surface area (Å²) in [6.45, 7) is 4.52. The van der Waals surface area contributed by atoms with Gasteiger partial charge in [-0.05, 0) is 55.5 Å². The number of carbonyl (C=O) groups is 3. The molecule has 0 spiro atoms. The number of anilines is 1. The molecule has 0 radical (unpaired) electrons. The predicted octanol–water partition coefficient (Wildman–Crippen LogP) is 2.72. The molecule has 2 heterocycles. The average molecular weight is 394 g/mol. The first-order chi connectivity index (χ1) is 12.5. The van der Waals surface area contributed by atoms with Crippen molar-refractivity contribution >= 4 is 35.8 Å². The van der Waals surface area contributed by atoms with Crippen molar-refractivity contribution in [2.75, 3.05) is 18.4 Å². The van der Waals surface area contributed by atoms with Crippen molar-refractivity contribution in [1.82, 2.24) is 10.2 Å². The van der Waals surface area contributed by atoms with Gasteiger partial charge in [-0.15, -0.1) is 12.4 Å². The van der Waals surface area contributed by atoms with Gasteiger partial charge < -0.3 is 10.6 Å². The number of nitrogens with zero attached hydrogens (tertiary/aromatic N) is 1. The zero-order chi connectivity index (χ0) is 18.5. The highest BCUT2D eigenvalue weighted by Gasteiger charge is 2.28. The second kappa shape index (κ2) is 9.85. The Balaban J connectivity index is 0.00000261. The molecule has 2 unspecified atom stereocenters. The largest absolute Gasteiger partial charge is 0.326 e. The van der Waals surface area contributed by atoms with Crippen LogP contribution in [0.15, 0.2) is 24.3 Å². The maximum absolute atomic E-state index is 12.3. The van der Waals surface area contributed by atoms with Gasteiger partial charge in [-0.25, -0.2) is 0 Å². The first-order valence-corrected chi connectivity index (χ1v) is 9.45. The van der Waals surface area contributed by atoms with Gasteiger partial charge in [0.25, 0.3) is 0 Å². The van der Waals surface area contributed by atoms with Gasteiger partial charge in [-0.3, -0.25) is 19.3 Å². The van der Waals surface area contributed by atoms with Gasteiger partial charge >= 0.3 is 0 Å². The topological polar surface area (TPSA) is 78.5 Å². The first kappa shape index (κ1) is 21.4. The van der Waals surface area contributed by atoms with Crippen molar-refractivity contribution in [1.29, 1.82) is 0 Å². The molecule has 2 aliphatic heterocycles. The third-order valence-electron chi connectivity index (χ3n) is 5.38. The SMILES string of the molecule is CC(CC(=O)Nc1ccc(CN2C(=O)CCC2=O)cc1)C1CCCNC1.Cl. The van der Waals surface area contributed by atoms with Crippen LogP contribution in [0, 0.1) is 11.8 Å². The lowest BCUT2D eigenvalue weighted by molar-refractivity contribution is -0.139. The molecule has 148 valence electrons. The number of likely N-dealkylation sites (tertiary alicyclic amines) is 1. The van der Waals surface area contributed by atoms with Gasteiger partial charge in [0.1, 0.15) is 0 Å². The molecule has 27 heavy (non-hydrogen) atoms. The lowest BCUT2D eigenvalue weighted by atomic mass is 9.85. The lowest BCUT2D eigenvalue weighted by Crippen LogP contribution is -2.34. The van der Waals surface area contributed by atoms with Crippen molar-refractivity contribution in [3.63, 3.8) is 0 Å². The summed E-state index contributed by atoms with van der Waals surface area (Å²) in [6, 6.07) is 7.35. The maximum Gasteiger partial charge on any atom is 0.229 e. The molecular formula is C20H28ClN3O3. The predicted molar refractivity (Wildman–Crippen MR) is 106 cm³/mol. The molecule has 2 fully saturated rings. The lowest BCUT2D eigenvalue weighted by Gasteiger charge is -2.28. The van der Waals surface area contributed by atoms with E-state index in [1.54, 1.807) is 0 Å². The summed E-state index contributed by atoms with van der Waals surface area (Å²) in [5, 5.41) is 6.34. The monoisotopic (exact) mass is 393 g/mol. The molecule has 2 N–H and O–H groups in total. The molecule has 0 saturated carbocycles. The summed E-state index contributed by atoms with van der Waals surface area (Å²) < 4.78 is 0. The van der Waals surface area contributed by atoms with E-state index in [1.165, 1.54) is 17.7 Å². The smallest absolute Gasteiger partial charge is 0.229 e. The van der Waals surface area contributed by atoms with Crippen LogP contribution in [0.1, 0.15) is 44.6 Å². The zero-order valence-electron chi connectivity index (χ0n) is 15.7. The minimum Gasteiger partial charge on any atom is -0.326 e. The van der Waals surface area contributed by atoms with Crippen molar-refractivity contribution in [3.05, 3.63) is 29.8 Å². The number of nitrogens with one attached hydrogen (secondary N) is 2. The van der Waals surface area contributed by atoms with Crippen LogP contribution in [0.4, 0.5) is 5.69 Å². The Morgan fingerprint density at radius 2 is 1.89 bits per heavy atom. The van der Waals surface area contributed by atoms with Crippen molar-refractivity contribution < 1.29 is 14.4 Å². The zero-order valence-corrected chi connectivity index (χ0v) is 16.5. The number of carbonyl (C=O) groups excluding carboxylic acids is 3. The summed E-state index contributed by atoms with van der Waals surface area (Å²) >= 11 is 0. The van der Waals surface area contributed by atoms with Gasteiger partial charge in [0.05, 0.1) is 6.54 Å². The van der Waals surface area contributed by atoms with E-state index in [2.05, 4.69) is 17.6 Å². The number of hydrogen-bond donors (Lipinski definition) is 2. The summed E-state index contributed by atoms with van der Waals surface area (Å²) in [5.41, 5.74) is 1.63. The highest BCUT2D eigenvalue weighted by atomic mass is 35.5. The Hall–Kier alpha value is -1.92. The molecule has 6 nitrogen and oxygen atoms in total. The van der Waals surface area contributed by atoms with E-state index in [0.717, 1.165) is 24.3 Å². The molecule has 2 aliphatic rings. The normalized spacial score (nSPS) is 20.9. The van der Waals surface area contributed by atoms with E-state index < -0.39 is 0 Å². The van der Waals surface area contributed by atoms with E-state index in [9.17, 15) is 14.4 Å². The molecule has 1 aromatic carbocycles. The first-order valence-electron chi connectivity index (χ1n) is 9.45. The van der Waals surface area contributed by atoms with Gasteiger partial charge in [0.15, 0.2) is 0 Å². The standard InChI is InChI=1S/C20H27N3O3.ClH/c1-14(16-3-2-10-21-12-16)11-18(24)22-17-6-4-15(5-7-17)13-23-19(25)8-9-20(23)26;/h4-7,14,16,21H,2-3,8-13H2,1H3,(H,22,24);1H. The fourth-order valence-corrected chi connectivity index (χ4v) is 3.71. The number of halogens is 1. The van der Waals surface area contributed by atoms with E-state index in [4.69, 9.17) is 0 Å². The summed E-state index contributed by atoms with van der Waals surface area (Å²) in [5.74, 6) is 0.722. The number of piperidine rings is 1. The van der Waals surface area contributed by atoms with Crippen LogP contribution in [0.25, 0.3) is 0 Å². The average Bonchev–Trinajstić information content (AvgIpc) is 2.96. The molecule has 1 aromatic rings. The molecule has 3 amide bonds. The Kier molecular flexibility index (Phi) is 7.80. The molecular weight excluding hydrogens is 366 g/mol. The number of amides is 3. The maximum atomic E-state index is 12.3. The summed E-state index contributed by atoms with van der Waals surface area (Å²) in [4.78, 5) is 36.9. The highest BCUT2D eigenvalue weighted by Crippen LogP contribution is 2.23. The van der Waals surface area contributed by atoms with Crippen LogP contribution >= 0.6 is 12.4 Å². The van der Waals surface area contributed by atoms with Crippen LogP contribution < -0.4 is 10.6 Å². The summed E-state index contributed by atoms with van der Waals surface area (Å²) in [7, 11) is 0. The van der Waals surface area contributed by atoms with Gasteiger partial charge in [-0.2, -0.15) is 0 Å². The number of imide groups is 1. The fraction of sp³-hybridized carbons (Fsp3) is 0.550. The van der Waals surface area contributed by atoms with E-state index in [0.29, 0.717) is 37.6 Å². The third kappa shape index (κ3) is 5.78. The van der Waals surface area contributed by atoms with Crippen LogP contribution in [0.5, 0.6) is 0 Å². The van der Waals surface area contributed by atoms with Crippen molar-refractivity contribution in [2.24, 2.45) is 11.8 Å². The molecule has 0 aromatic heterocycles. The van der Waals surface area contributed by atoms with Gasteiger partial charge in [0.2, 0.25) is 17.7 Å². The van der Waals surface area contributed by atoms with Crippen LogP contribution in [-0.4, -0.2) is 35.7 Å². The minimum absolute atomic E-state index is 0. The van der Waals surface area contributed by atoms with E-state index in [-0.39, 0.29) is 30.1 Å². The van der Waals surface area contributed by atoms with Gasteiger partial charge in [-0.1, -0.05) is 19.1 Å². The fourth-order valence-electron chi connectivity index (χ4n) is 3.71. The molecule has 7 heteroatoms. The van der Waals surface area contributed by atoms with E-state index >= 15 is 0 Å². The Morgan fingerprint density at radius 3 is 2.48 bits per heavy atom. The molecule has 0 aliphatic carbocycles. The molecule has 2 atom stereocenters. The minimum atomic E-state index is -0.112. The van der Waals surface area contributed by atoms with Gasteiger partial charge in [0, 0.05) is 24.9 Å². The Morgan fingerprint density at radius 1 is 1.22 bits per heavy atom. The highest BCUT2D eigenvalue weighted by molar-refractivity contribution is 6.01. The number of hydrogen-bond acceptors (Lipinski definition) is 4. The Bertz CT molecular complexity index is 656. The van der Waals surface area contributed by atoms with Crippen molar-refractivity contribution in [2.45, 2.75) is 45.6 Å². The van der Waals surface area contributed by atoms with Crippen LogP contribution in [-0.2, 0) is 20.9 Å². The Labute approximate surface area is 166 Å². The quantitative estimate of drug-likeness (QED) is 0.728. The number of rotatable bonds is 6. The van der Waals surface area contributed by atoms with Crippen LogP contribution in [0.2, 0.25) is 0 Å².